The van der Waals surface area contributed by atoms with Crippen molar-refractivity contribution in [3.05, 3.63) is 54.1 Å². The third-order valence-electron chi connectivity index (χ3n) is 6.45. The van der Waals surface area contributed by atoms with Crippen molar-refractivity contribution >= 4 is 35.1 Å². The first kappa shape index (κ1) is 23.3. The fourth-order valence-electron chi connectivity index (χ4n) is 4.34. The molecule has 4 rings (SSSR count). The van der Waals surface area contributed by atoms with Gasteiger partial charge >= 0.3 is 6.03 Å². The van der Waals surface area contributed by atoms with Crippen LogP contribution in [0.2, 0.25) is 0 Å². The predicted molar refractivity (Wildman–Crippen MR) is 127 cm³/mol. The Morgan fingerprint density at radius 3 is 2.21 bits per heavy atom. The Morgan fingerprint density at radius 2 is 1.59 bits per heavy atom. The number of benzene rings is 2. The molecule has 2 aromatic rings. The molecular weight excluding hydrogens is 436 g/mol. The van der Waals surface area contributed by atoms with Gasteiger partial charge in [0.1, 0.15) is 17.8 Å². The summed E-state index contributed by atoms with van der Waals surface area (Å²) in [6.45, 7) is 1.77. The van der Waals surface area contributed by atoms with Crippen LogP contribution in [0.15, 0.2) is 48.5 Å². The quantitative estimate of drug-likeness (QED) is 0.567. The van der Waals surface area contributed by atoms with E-state index in [0.717, 1.165) is 17.7 Å². The number of anilines is 2. The maximum absolute atomic E-state index is 12.9. The van der Waals surface area contributed by atoms with Crippen LogP contribution >= 0.6 is 0 Å². The van der Waals surface area contributed by atoms with Crippen LogP contribution < -0.4 is 20.7 Å². The maximum atomic E-state index is 12.9. The van der Waals surface area contributed by atoms with Crippen molar-refractivity contribution in [1.29, 1.82) is 0 Å². The minimum absolute atomic E-state index is 0.297. The largest absolute Gasteiger partial charge is 0.497 e. The SMILES string of the molecule is COc1ccc(NC(=O)c2ccc(NC(=O)CN3C(=O)NC4(CCC(C)CC4)C3=O)cc2)cc1. The Labute approximate surface area is 197 Å². The Balaban J connectivity index is 1.32. The summed E-state index contributed by atoms with van der Waals surface area (Å²) in [7, 11) is 1.57. The van der Waals surface area contributed by atoms with Gasteiger partial charge < -0.3 is 20.7 Å². The van der Waals surface area contributed by atoms with Crippen molar-refractivity contribution in [3.8, 4) is 5.75 Å². The number of nitrogens with one attached hydrogen (secondary N) is 3. The lowest BCUT2D eigenvalue weighted by molar-refractivity contribution is -0.135. The minimum Gasteiger partial charge on any atom is -0.497 e. The minimum atomic E-state index is -0.872. The van der Waals surface area contributed by atoms with Gasteiger partial charge in [-0.05, 0) is 80.1 Å². The zero-order valence-corrected chi connectivity index (χ0v) is 19.2. The van der Waals surface area contributed by atoms with Crippen molar-refractivity contribution in [2.75, 3.05) is 24.3 Å². The third-order valence-corrected chi connectivity index (χ3v) is 6.45. The topological polar surface area (TPSA) is 117 Å². The van der Waals surface area contributed by atoms with Crippen LogP contribution in [0.25, 0.3) is 0 Å². The first-order valence-electron chi connectivity index (χ1n) is 11.3. The number of methoxy groups -OCH3 is 1. The summed E-state index contributed by atoms with van der Waals surface area (Å²) < 4.78 is 5.10. The van der Waals surface area contributed by atoms with Crippen LogP contribution in [0, 0.1) is 5.92 Å². The van der Waals surface area contributed by atoms with Crippen molar-refractivity contribution in [1.82, 2.24) is 10.2 Å². The molecular formula is C25H28N4O5. The fourth-order valence-corrected chi connectivity index (χ4v) is 4.34. The standard InChI is InChI=1S/C25H28N4O5/c1-16-11-13-25(14-12-16)23(32)29(24(33)28-25)15-21(30)26-18-5-3-17(4-6-18)22(31)27-19-7-9-20(34-2)10-8-19/h3-10,16H,11-15H2,1-2H3,(H,26,30)(H,27,31)(H,28,33). The smallest absolute Gasteiger partial charge is 0.325 e. The number of carbonyl (C=O) groups is 4. The van der Waals surface area contributed by atoms with Gasteiger partial charge in [0.15, 0.2) is 0 Å². The van der Waals surface area contributed by atoms with Crippen LogP contribution in [0.1, 0.15) is 43.0 Å². The van der Waals surface area contributed by atoms with E-state index in [4.69, 9.17) is 4.74 Å². The molecule has 0 radical (unpaired) electrons. The van der Waals surface area contributed by atoms with Gasteiger partial charge in [-0.15, -0.1) is 0 Å². The highest BCUT2D eigenvalue weighted by atomic mass is 16.5. The zero-order chi connectivity index (χ0) is 24.3. The van der Waals surface area contributed by atoms with Gasteiger partial charge in [-0.1, -0.05) is 6.92 Å². The molecule has 1 aliphatic carbocycles. The predicted octanol–water partition coefficient (Wildman–Crippen LogP) is 3.39. The number of urea groups is 1. The molecule has 34 heavy (non-hydrogen) atoms. The molecule has 2 aromatic carbocycles. The van der Waals surface area contributed by atoms with E-state index >= 15 is 0 Å². The van der Waals surface area contributed by atoms with E-state index in [1.54, 1.807) is 55.6 Å². The fraction of sp³-hybridized carbons (Fsp3) is 0.360. The van der Waals surface area contributed by atoms with E-state index in [0.29, 0.717) is 41.4 Å². The number of hydrogen-bond acceptors (Lipinski definition) is 5. The highest BCUT2D eigenvalue weighted by Gasteiger charge is 2.52. The van der Waals surface area contributed by atoms with Crippen LogP contribution in [0.4, 0.5) is 16.2 Å². The van der Waals surface area contributed by atoms with Gasteiger partial charge in [0.25, 0.3) is 11.8 Å². The van der Waals surface area contributed by atoms with Gasteiger partial charge in [0, 0.05) is 16.9 Å². The van der Waals surface area contributed by atoms with E-state index in [1.807, 2.05) is 0 Å². The Hall–Kier alpha value is -3.88. The van der Waals surface area contributed by atoms with Gasteiger partial charge in [-0.3, -0.25) is 19.3 Å². The van der Waals surface area contributed by atoms with Crippen LogP contribution in [0.3, 0.4) is 0 Å². The molecule has 0 unspecified atom stereocenters. The van der Waals surface area contributed by atoms with Gasteiger partial charge in [-0.25, -0.2) is 4.79 Å². The Kier molecular flexibility index (Phi) is 6.54. The van der Waals surface area contributed by atoms with Crippen molar-refractivity contribution in [2.24, 2.45) is 5.92 Å². The Morgan fingerprint density at radius 1 is 1.00 bits per heavy atom. The normalized spacial score (nSPS) is 21.8. The summed E-state index contributed by atoms with van der Waals surface area (Å²) in [5, 5.41) is 8.28. The summed E-state index contributed by atoms with van der Waals surface area (Å²) in [5.41, 5.74) is 0.625. The highest BCUT2D eigenvalue weighted by Crippen LogP contribution is 2.36. The Bertz CT molecular complexity index is 1090. The number of carbonyl (C=O) groups excluding carboxylic acids is 4. The first-order chi connectivity index (χ1) is 16.3. The van der Waals surface area contributed by atoms with Crippen LogP contribution in [-0.2, 0) is 9.59 Å². The number of rotatable bonds is 6. The molecule has 1 spiro atoms. The maximum Gasteiger partial charge on any atom is 0.325 e. The molecule has 0 bridgehead atoms. The second-order valence-corrected chi connectivity index (χ2v) is 8.89. The summed E-state index contributed by atoms with van der Waals surface area (Å²) in [6, 6.07) is 12.8. The van der Waals surface area contributed by atoms with E-state index in [1.165, 1.54) is 0 Å². The lowest BCUT2D eigenvalue weighted by atomic mass is 9.77. The van der Waals surface area contributed by atoms with E-state index in [9.17, 15) is 19.2 Å². The van der Waals surface area contributed by atoms with Crippen molar-refractivity contribution < 1.29 is 23.9 Å². The average molecular weight is 465 g/mol. The summed E-state index contributed by atoms with van der Waals surface area (Å²) in [4.78, 5) is 51.3. The number of hydrogen-bond donors (Lipinski definition) is 3. The van der Waals surface area contributed by atoms with Gasteiger partial charge in [-0.2, -0.15) is 0 Å². The molecule has 2 aliphatic rings. The monoisotopic (exact) mass is 464 g/mol. The lowest BCUT2D eigenvalue weighted by Crippen LogP contribution is -2.49. The molecule has 178 valence electrons. The lowest BCUT2D eigenvalue weighted by Gasteiger charge is -2.33. The highest BCUT2D eigenvalue weighted by molar-refractivity contribution is 6.10. The first-order valence-corrected chi connectivity index (χ1v) is 11.3. The number of imide groups is 1. The van der Waals surface area contributed by atoms with Gasteiger partial charge in [0.2, 0.25) is 5.91 Å². The summed E-state index contributed by atoms with van der Waals surface area (Å²) >= 11 is 0. The van der Waals surface area contributed by atoms with Crippen molar-refractivity contribution in [2.45, 2.75) is 38.1 Å². The van der Waals surface area contributed by atoms with E-state index in [2.05, 4.69) is 22.9 Å². The molecule has 0 aromatic heterocycles. The summed E-state index contributed by atoms with van der Waals surface area (Å²) in [5.74, 6) is 0.100. The molecule has 9 nitrogen and oxygen atoms in total. The average Bonchev–Trinajstić information content (AvgIpc) is 3.06. The molecule has 2 fully saturated rings. The number of nitrogens with zero attached hydrogens (tertiary/aromatic N) is 1. The molecule has 3 N–H and O–H groups in total. The van der Waals surface area contributed by atoms with Gasteiger partial charge in [0.05, 0.1) is 7.11 Å². The van der Waals surface area contributed by atoms with E-state index in [-0.39, 0.29) is 18.4 Å². The zero-order valence-electron chi connectivity index (χ0n) is 19.2. The summed E-state index contributed by atoms with van der Waals surface area (Å²) in [6.07, 6.45) is 2.92. The van der Waals surface area contributed by atoms with Crippen molar-refractivity contribution in [3.63, 3.8) is 0 Å². The molecule has 5 amide bonds. The number of ether oxygens (including phenoxy) is 1. The third kappa shape index (κ3) is 4.88. The molecule has 0 atom stereocenters. The molecule has 1 heterocycles. The molecule has 1 saturated carbocycles. The second-order valence-electron chi connectivity index (χ2n) is 8.89. The second kappa shape index (κ2) is 9.54. The number of amides is 5. The van der Waals surface area contributed by atoms with E-state index < -0.39 is 17.5 Å². The van der Waals surface area contributed by atoms with Crippen LogP contribution in [-0.4, -0.2) is 47.8 Å². The molecule has 1 saturated heterocycles. The van der Waals surface area contributed by atoms with Crippen LogP contribution in [0.5, 0.6) is 5.75 Å². The molecule has 9 heteroatoms. The molecule has 1 aliphatic heterocycles.